The van der Waals surface area contributed by atoms with E-state index in [2.05, 4.69) is 21.2 Å². The number of hydrogen-bond acceptors (Lipinski definition) is 8. The Hall–Kier alpha value is -3.80. The number of imide groups is 1. The highest BCUT2D eigenvalue weighted by molar-refractivity contribution is 9.10. The van der Waals surface area contributed by atoms with Gasteiger partial charge in [0.05, 0.1) is 29.2 Å². The molecule has 1 heterocycles. The Morgan fingerprint density at radius 3 is 2.53 bits per heavy atom. The number of halogens is 2. The van der Waals surface area contributed by atoms with E-state index in [0.29, 0.717) is 30.1 Å². The zero-order valence-electron chi connectivity index (χ0n) is 23.4. The van der Waals surface area contributed by atoms with E-state index in [9.17, 15) is 19.2 Å². The normalized spacial score (nSPS) is 13.8. The number of nitrogens with one attached hydrogen (secondary N) is 1. The van der Waals surface area contributed by atoms with Gasteiger partial charge in [-0.25, -0.2) is 4.79 Å². The lowest BCUT2D eigenvalue weighted by atomic mass is 10.1. The SMILES string of the molecule is CCCCOC(=O)c1cc(NC(=O)CN2C(=O)S/C(=C\c3ccc(OCc4ccc(Br)cc4)c(OC)c3)C2=O)ccc1Cl. The lowest BCUT2D eigenvalue weighted by Crippen LogP contribution is -2.36. The first-order valence-electron chi connectivity index (χ1n) is 13.3. The summed E-state index contributed by atoms with van der Waals surface area (Å²) in [5, 5.41) is 2.20. The van der Waals surface area contributed by atoms with Crippen molar-refractivity contribution in [3.63, 3.8) is 0 Å². The van der Waals surface area contributed by atoms with Crippen molar-refractivity contribution in [2.24, 2.45) is 0 Å². The number of esters is 1. The zero-order chi connectivity index (χ0) is 30.9. The van der Waals surface area contributed by atoms with Gasteiger partial charge in [0.25, 0.3) is 11.1 Å². The maximum atomic E-state index is 13.0. The third-order valence-corrected chi connectivity index (χ3v) is 7.94. The smallest absolute Gasteiger partial charge is 0.339 e. The molecule has 12 heteroatoms. The van der Waals surface area contributed by atoms with Crippen LogP contribution >= 0.6 is 39.3 Å². The molecule has 1 N–H and O–H groups in total. The summed E-state index contributed by atoms with van der Waals surface area (Å²) in [5.74, 6) is -0.847. The molecule has 0 radical (unpaired) electrons. The van der Waals surface area contributed by atoms with E-state index in [0.717, 1.165) is 33.1 Å². The topological polar surface area (TPSA) is 111 Å². The molecule has 0 bridgehead atoms. The third kappa shape index (κ3) is 8.62. The van der Waals surface area contributed by atoms with Gasteiger partial charge in [-0.1, -0.05) is 59.1 Å². The predicted octanol–water partition coefficient (Wildman–Crippen LogP) is 7.32. The third-order valence-electron chi connectivity index (χ3n) is 6.17. The van der Waals surface area contributed by atoms with E-state index in [-0.39, 0.29) is 27.8 Å². The Labute approximate surface area is 266 Å². The molecule has 0 aliphatic carbocycles. The summed E-state index contributed by atoms with van der Waals surface area (Å²) < 4.78 is 17.5. The molecule has 4 rings (SSSR count). The van der Waals surface area contributed by atoms with Crippen molar-refractivity contribution in [2.75, 3.05) is 25.6 Å². The van der Waals surface area contributed by atoms with Gasteiger partial charge in [0, 0.05) is 10.2 Å². The van der Waals surface area contributed by atoms with Crippen LogP contribution in [0.1, 0.15) is 41.3 Å². The van der Waals surface area contributed by atoms with Gasteiger partial charge in [-0.3, -0.25) is 19.3 Å². The first-order valence-corrected chi connectivity index (χ1v) is 15.2. The minimum absolute atomic E-state index is 0.102. The van der Waals surface area contributed by atoms with Crippen LogP contribution in [0.3, 0.4) is 0 Å². The van der Waals surface area contributed by atoms with Crippen LogP contribution in [0.25, 0.3) is 6.08 Å². The van der Waals surface area contributed by atoms with E-state index in [1.165, 1.54) is 25.3 Å². The molecule has 9 nitrogen and oxygen atoms in total. The maximum absolute atomic E-state index is 13.0. The second-order valence-corrected chi connectivity index (χ2v) is 11.6. The minimum atomic E-state index is -0.620. The van der Waals surface area contributed by atoms with Crippen LogP contribution in [0.4, 0.5) is 10.5 Å². The van der Waals surface area contributed by atoms with Gasteiger partial charge in [0.2, 0.25) is 5.91 Å². The van der Waals surface area contributed by atoms with Crippen molar-refractivity contribution in [1.29, 1.82) is 0 Å². The highest BCUT2D eigenvalue weighted by atomic mass is 79.9. The number of unbranched alkanes of at least 4 members (excludes halogenated alkanes) is 1. The van der Waals surface area contributed by atoms with Crippen LogP contribution in [0.15, 0.2) is 70.0 Å². The Balaban J connectivity index is 1.39. The lowest BCUT2D eigenvalue weighted by molar-refractivity contribution is -0.127. The molecule has 43 heavy (non-hydrogen) atoms. The second kappa shape index (κ2) is 15.1. The highest BCUT2D eigenvalue weighted by Gasteiger charge is 2.36. The molecule has 0 atom stereocenters. The Morgan fingerprint density at radius 1 is 1.05 bits per heavy atom. The van der Waals surface area contributed by atoms with Crippen LogP contribution in [-0.2, 0) is 20.9 Å². The molecule has 1 saturated heterocycles. The van der Waals surface area contributed by atoms with E-state index >= 15 is 0 Å². The van der Waals surface area contributed by atoms with E-state index in [1.54, 1.807) is 24.3 Å². The number of amides is 3. The molecule has 1 aliphatic heterocycles. The van der Waals surface area contributed by atoms with Crippen LogP contribution in [0, 0.1) is 0 Å². The Bertz CT molecular complexity index is 1560. The van der Waals surface area contributed by atoms with Gasteiger partial charge < -0.3 is 19.5 Å². The number of hydrogen-bond donors (Lipinski definition) is 1. The number of thioether (sulfide) groups is 1. The molecule has 3 amide bonds. The van der Waals surface area contributed by atoms with Crippen molar-refractivity contribution < 1.29 is 33.4 Å². The summed E-state index contributed by atoms with van der Waals surface area (Å²) in [6.07, 6.45) is 3.13. The fourth-order valence-electron chi connectivity index (χ4n) is 3.91. The molecule has 0 unspecified atom stereocenters. The van der Waals surface area contributed by atoms with E-state index in [1.807, 2.05) is 31.2 Å². The Morgan fingerprint density at radius 2 is 1.81 bits per heavy atom. The van der Waals surface area contributed by atoms with Crippen molar-refractivity contribution in [1.82, 2.24) is 4.90 Å². The average Bonchev–Trinajstić information content (AvgIpc) is 3.25. The molecule has 1 fully saturated rings. The van der Waals surface area contributed by atoms with E-state index in [4.69, 9.17) is 25.8 Å². The van der Waals surface area contributed by atoms with Crippen LogP contribution in [0.2, 0.25) is 5.02 Å². The molecule has 0 aromatic heterocycles. The fraction of sp³-hybridized carbons (Fsp3) is 0.226. The van der Waals surface area contributed by atoms with Crippen LogP contribution in [-0.4, -0.2) is 48.2 Å². The van der Waals surface area contributed by atoms with Gasteiger partial charge in [-0.15, -0.1) is 0 Å². The minimum Gasteiger partial charge on any atom is -0.493 e. The van der Waals surface area contributed by atoms with E-state index < -0.39 is 29.6 Å². The highest BCUT2D eigenvalue weighted by Crippen LogP contribution is 2.35. The van der Waals surface area contributed by atoms with Gasteiger partial charge in [0.1, 0.15) is 13.2 Å². The number of rotatable bonds is 12. The van der Waals surface area contributed by atoms with Gasteiger partial charge in [0.15, 0.2) is 11.5 Å². The molecule has 0 spiro atoms. The Kier molecular flexibility index (Phi) is 11.3. The van der Waals surface area contributed by atoms with Crippen molar-refractivity contribution in [3.05, 3.63) is 91.8 Å². The molecule has 224 valence electrons. The second-order valence-electron chi connectivity index (χ2n) is 9.33. The first-order chi connectivity index (χ1) is 20.7. The molecule has 3 aromatic carbocycles. The van der Waals surface area contributed by atoms with Crippen molar-refractivity contribution >= 4 is 74.1 Å². The summed E-state index contributed by atoms with van der Waals surface area (Å²) in [4.78, 5) is 51.7. The number of methoxy groups -OCH3 is 1. The number of carbonyl (C=O) groups excluding carboxylic acids is 4. The van der Waals surface area contributed by atoms with Gasteiger partial charge in [-0.05, 0) is 77.9 Å². The summed E-state index contributed by atoms with van der Waals surface area (Å²) >= 11 is 10.3. The van der Waals surface area contributed by atoms with Crippen LogP contribution in [0.5, 0.6) is 11.5 Å². The summed E-state index contributed by atoms with van der Waals surface area (Å²) in [6.45, 7) is 2.06. The predicted molar refractivity (Wildman–Crippen MR) is 169 cm³/mol. The summed E-state index contributed by atoms with van der Waals surface area (Å²) in [7, 11) is 1.51. The maximum Gasteiger partial charge on any atom is 0.339 e. The first kappa shape index (κ1) is 32.1. The zero-order valence-corrected chi connectivity index (χ0v) is 26.5. The molecule has 1 aliphatic rings. The largest absolute Gasteiger partial charge is 0.493 e. The quantitative estimate of drug-likeness (QED) is 0.120. The molecule has 3 aromatic rings. The molecular weight excluding hydrogens is 660 g/mol. The number of benzene rings is 3. The number of nitrogens with zero attached hydrogens (tertiary/aromatic N) is 1. The average molecular weight is 688 g/mol. The fourth-order valence-corrected chi connectivity index (χ4v) is 5.21. The number of carbonyl (C=O) groups is 4. The van der Waals surface area contributed by atoms with Crippen molar-refractivity contribution in [2.45, 2.75) is 26.4 Å². The number of anilines is 1. The molecular formula is C31H28BrClN2O7S. The molecule has 0 saturated carbocycles. The summed E-state index contributed by atoms with van der Waals surface area (Å²) in [5.41, 5.74) is 1.97. The summed E-state index contributed by atoms with van der Waals surface area (Å²) in [6, 6.07) is 17.3. The number of ether oxygens (including phenoxy) is 3. The lowest BCUT2D eigenvalue weighted by Gasteiger charge is -2.13. The van der Waals surface area contributed by atoms with Crippen molar-refractivity contribution in [3.8, 4) is 11.5 Å². The van der Waals surface area contributed by atoms with Crippen LogP contribution < -0.4 is 14.8 Å². The van der Waals surface area contributed by atoms with Gasteiger partial charge in [-0.2, -0.15) is 0 Å². The standard InChI is InChI=1S/C31H28BrClN2O7S/c1-3-4-13-41-30(38)23-16-22(10-11-24(23)33)34-28(36)17-35-29(37)27(43-31(35)39)15-20-7-12-25(26(14-20)40-2)42-18-19-5-8-21(32)9-6-19/h5-12,14-16H,3-4,13,17-18H2,1-2H3,(H,34,36)/b27-15-. The van der Waals surface area contributed by atoms with Gasteiger partial charge >= 0.3 is 5.97 Å². The monoisotopic (exact) mass is 686 g/mol.